The van der Waals surface area contributed by atoms with Crippen molar-refractivity contribution in [1.82, 2.24) is 0 Å². The molecule has 47 heavy (non-hydrogen) atoms. The van der Waals surface area contributed by atoms with E-state index in [1.165, 1.54) is 70.3 Å². The average molecular weight is 644 g/mol. The Morgan fingerprint density at radius 1 is 0.574 bits per heavy atom. The molecule has 1 nitrogen and oxygen atoms in total. The minimum Gasteiger partial charge on any atom is -0.311 e. The molecule has 4 heteroatoms. The summed E-state index contributed by atoms with van der Waals surface area (Å²) in [4.78, 5) is 5.25. The van der Waals surface area contributed by atoms with Crippen molar-refractivity contribution in [1.29, 1.82) is 0 Å². The number of rotatable bonds is 5. The van der Waals surface area contributed by atoms with E-state index in [-0.39, 0.29) is 6.71 Å². The van der Waals surface area contributed by atoms with Gasteiger partial charge in [0.05, 0.1) is 0 Å². The van der Waals surface area contributed by atoms with E-state index in [0.29, 0.717) is 17.8 Å². The van der Waals surface area contributed by atoms with Crippen molar-refractivity contribution in [2.75, 3.05) is 4.90 Å². The Hall–Kier alpha value is -3.99. The standard InChI is InChI=1S/C43H42BNSSi/c1-28(2)31-25-33(29(3)4)43(34(26-31)30(5)6)44-35-15-7-10-18-39(35)46-40-27-32(21-22-36(40)44)45-37-16-8-11-19-41(37)47(23-13-14-24-47)42-20-12-9-17-38(42)45/h7-30H,1-6H3. The SMILES string of the molecule is CC(C)c1cc(C(C)C)c(B2c3ccccc3Sc3cc(N4c5ccccc5[Si]5(C=CC=C5)c5ccccc54)ccc32)c(C(C)C)c1. The van der Waals surface area contributed by atoms with Gasteiger partial charge >= 0.3 is 0 Å². The Morgan fingerprint density at radius 3 is 1.72 bits per heavy atom. The third-order valence-corrected chi connectivity index (χ3v) is 15.7. The summed E-state index contributed by atoms with van der Waals surface area (Å²) in [6.45, 7) is 14.3. The molecule has 0 unspecified atom stereocenters. The number of fused-ring (bicyclic) bond motifs is 6. The predicted octanol–water partition coefficient (Wildman–Crippen LogP) is 8.59. The molecule has 0 atom stereocenters. The van der Waals surface area contributed by atoms with Crippen LogP contribution in [-0.4, -0.2) is 14.8 Å². The van der Waals surface area contributed by atoms with Gasteiger partial charge in [-0.2, -0.15) is 0 Å². The fourth-order valence-electron chi connectivity index (χ4n) is 8.16. The molecule has 0 N–H and O–H groups in total. The molecule has 5 aromatic carbocycles. The van der Waals surface area contributed by atoms with E-state index < -0.39 is 8.07 Å². The molecule has 8 rings (SSSR count). The van der Waals surface area contributed by atoms with Crippen LogP contribution in [0.4, 0.5) is 17.1 Å². The minimum absolute atomic E-state index is 0.192. The van der Waals surface area contributed by atoms with Gasteiger partial charge in [-0.3, -0.25) is 0 Å². The lowest BCUT2D eigenvalue weighted by Crippen LogP contribution is -2.60. The summed E-state index contributed by atoms with van der Waals surface area (Å²) in [5.41, 5.74) is 17.6. The lowest BCUT2D eigenvalue weighted by molar-refractivity contribution is 0.812. The van der Waals surface area contributed by atoms with Crippen LogP contribution >= 0.6 is 11.8 Å². The van der Waals surface area contributed by atoms with Crippen molar-refractivity contribution in [3.05, 3.63) is 143 Å². The van der Waals surface area contributed by atoms with Crippen molar-refractivity contribution in [3.8, 4) is 0 Å². The van der Waals surface area contributed by atoms with Gasteiger partial charge in [-0.25, -0.2) is 0 Å². The number of nitrogens with zero attached hydrogens (tertiary/aromatic N) is 1. The summed E-state index contributed by atoms with van der Waals surface area (Å²) in [6.07, 6.45) is 4.51. The third-order valence-electron chi connectivity index (χ3n) is 10.5. The van der Waals surface area contributed by atoms with Crippen LogP contribution < -0.4 is 31.7 Å². The maximum atomic E-state index is 2.52. The Balaban J connectivity index is 1.35. The van der Waals surface area contributed by atoms with Crippen LogP contribution in [0, 0.1) is 0 Å². The summed E-state index contributed by atoms with van der Waals surface area (Å²) in [5.74, 6) is 1.36. The first-order chi connectivity index (χ1) is 22.8. The van der Waals surface area contributed by atoms with Crippen LogP contribution in [0.25, 0.3) is 0 Å². The van der Waals surface area contributed by atoms with Gasteiger partial charge in [0.2, 0.25) is 6.71 Å². The second-order valence-electron chi connectivity index (χ2n) is 14.3. The topological polar surface area (TPSA) is 3.24 Å². The molecule has 0 saturated heterocycles. The summed E-state index contributed by atoms with van der Waals surface area (Å²) >= 11 is 1.94. The first kappa shape index (κ1) is 30.4. The molecule has 0 saturated carbocycles. The zero-order valence-corrected chi connectivity index (χ0v) is 30.1. The molecular formula is C43H42BNSSi. The molecule has 5 aromatic rings. The predicted molar refractivity (Wildman–Crippen MR) is 208 cm³/mol. The van der Waals surface area contributed by atoms with Crippen molar-refractivity contribution in [2.24, 2.45) is 0 Å². The largest absolute Gasteiger partial charge is 0.311 e. The van der Waals surface area contributed by atoms with E-state index in [9.17, 15) is 0 Å². The molecular weight excluding hydrogens is 601 g/mol. The Kier molecular flexibility index (Phi) is 7.50. The summed E-state index contributed by atoms with van der Waals surface area (Å²) in [5, 5.41) is 2.93. The number of para-hydroxylation sites is 2. The summed E-state index contributed by atoms with van der Waals surface area (Å²) in [7, 11) is -2.12. The van der Waals surface area contributed by atoms with Gasteiger partial charge in [0, 0.05) is 26.9 Å². The molecule has 1 spiro atoms. The fraction of sp³-hybridized carbons (Fsp3) is 0.209. The van der Waals surface area contributed by atoms with Gasteiger partial charge in [0.15, 0.2) is 8.07 Å². The van der Waals surface area contributed by atoms with Crippen molar-refractivity contribution >= 4 is 70.4 Å². The van der Waals surface area contributed by atoms with Crippen LogP contribution in [0.1, 0.15) is 76.0 Å². The number of allylic oxidation sites excluding steroid dienone is 2. The van der Waals surface area contributed by atoms with Crippen LogP contribution in [0.3, 0.4) is 0 Å². The zero-order valence-electron chi connectivity index (χ0n) is 28.3. The molecule has 3 aliphatic heterocycles. The molecule has 3 heterocycles. The highest BCUT2D eigenvalue weighted by molar-refractivity contribution is 8.00. The van der Waals surface area contributed by atoms with E-state index in [2.05, 4.69) is 173 Å². The lowest BCUT2D eigenvalue weighted by Gasteiger charge is -2.41. The Labute approximate surface area is 286 Å². The fourth-order valence-corrected chi connectivity index (χ4v) is 13.3. The monoisotopic (exact) mass is 643 g/mol. The van der Waals surface area contributed by atoms with Gasteiger partial charge in [0.25, 0.3) is 0 Å². The van der Waals surface area contributed by atoms with Gasteiger partial charge in [-0.15, -0.1) is 0 Å². The smallest absolute Gasteiger partial charge is 0.244 e. The molecule has 3 aliphatic rings. The van der Waals surface area contributed by atoms with Crippen LogP contribution in [0.15, 0.2) is 136 Å². The van der Waals surface area contributed by atoms with Crippen LogP contribution in [0.2, 0.25) is 0 Å². The third kappa shape index (κ3) is 4.75. The summed E-state index contributed by atoms with van der Waals surface area (Å²) < 4.78 is 0. The van der Waals surface area contributed by atoms with Gasteiger partial charge in [-0.1, -0.05) is 166 Å². The highest BCUT2D eigenvalue weighted by Gasteiger charge is 2.44. The van der Waals surface area contributed by atoms with Crippen molar-refractivity contribution in [3.63, 3.8) is 0 Å². The van der Waals surface area contributed by atoms with Gasteiger partial charge in [0.1, 0.15) is 0 Å². The highest BCUT2D eigenvalue weighted by Crippen LogP contribution is 2.42. The Bertz CT molecular complexity index is 2000. The van der Waals surface area contributed by atoms with E-state index in [0.717, 1.165) is 0 Å². The maximum absolute atomic E-state index is 2.52. The second kappa shape index (κ2) is 11.6. The van der Waals surface area contributed by atoms with E-state index >= 15 is 0 Å². The zero-order chi connectivity index (χ0) is 32.4. The Morgan fingerprint density at radius 2 is 1.13 bits per heavy atom. The second-order valence-corrected chi connectivity index (χ2v) is 18.9. The summed E-state index contributed by atoms with van der Waals surface area (Å²) in [6, 6.07) is 39.7. The highest BCUT2D eigenvalue weighted by atomic mass is 32.2. The molecule has 232 valence electrons. The van der Waals surface area contributed by atoms with E-state index in [1.807, 2.05) is 11.8 Å². The lowest BCUT2D eigenvalue weighted by atomic mass is 9.34. The molecule has 0 aliphatic carbocycles. The molecule has 0 radical (unpaired) electrons. The van der Waals surface area contributed by atoms with Crippen LogP contribution in [0.5, 0.6) is 0 Å². The average Bonchev–Trinajstić information content (AvgIpc) is 3.57. The van der Waals surface area contributed by atoms with Crippen LogP contribution in [-0.2, 0) is 0 Å². The van der Waals surface area contributed by atoms with E-state index in [1.54, 1.807) is 0 Å². The first-order valence-electron chi connectivity index (χ1n) is 17.2. The molecule has 0 aromatic heterocycles. The number of anilines is 3. The molecule has 0 bridgehead atoms. The maximum Gasteiger partial charge on any atom is 0.244 e. The normalized spacial score (nSPS) is 15.4. The van der Waals surface area contributed by atoms with Gasteiger partial charge < -0.3 is 4.90 Å². The first-order valence-corrected chi connectivity index (χ1v) is 20.2. The van der Waals surface area contributed by atoms with E-state index in [4.69, 9.17) is 0 Å². The van der Waals surface area contributed by atoms with Crippen molar-refractivity contribution in [2.45, 2.75) is 69.1 Å². The minimum atomic E-state index is -2.12. The number of benzene rings is 5. The van der Waals surface area contributed by atoms with Crippen molar-refractivity contribution < 1.29 is 0 Å². The number of hydrogen-bond acceptors (Lipinski definition) is 2. The molecule has 0 amide bonds. The number of hydrogen-bond donors (Lipinski definition) is 0. The molecule has 0 fully saturated rings. The quantitative estimate of drug-likeness (QED) is 0.173. The van der Waals surface area contributed by atoms with Gasteiger partial charge in [-0.05, 0) is 75.1 Å².